The Morgan fingerprint density at radius 1 is 1.69 bits per heavy atom. The standard InChI is InChI=1S/C6H4ClN3O3/c7-5-1-3(6(8)11)4(2-9-5)10(12)13/h1-2H,(H2,8,11). The summed E-state index contributed by atoms with van der Waals surface area (Å²) in [6.45, 7) is 0. The molecule has 0 unspecified atom stereocenters. The number of nitrogens with zero attached hydrogens (tertiary/aromatic N) is 2. The van der Waals surface area contributed by atoms with Crippen LogP contribution >= 0.6 is 11.6 Å². The number of nitro groups is 1. The molecule has 0 bridgehead atoms. The molecular weight excluding hydrogens is 198 g/mol. The number of amides is 1. The lowest BCUT2D eigenvalue weighted by Crippen LogP contribution is -2.13. The van der Waals surface area contributed by atoms with Gasteiger partial charge in [-0.25, -0.2) is 4.98 Å². The van der Waals surface area contributed by atoms with Crippen LogP contribution in [-0.2, 0) is 0 Å². The minimum Gasteiger partial charge on any atom is -0.365 e. The van der Waals surface area contributed by atoms with Crippen LogP contribution in [0.3, 0.4) is 0 Å². The van der Waals surface area contributed by atoms with E-state index in [2.05, 4.69) is 4.98 Å². The highest BCUT2D eigenvalue weighted by Crippen LogP contribution is 2.19. The largest absolute Gasteiger partial charge is 0.365 e. The van der Waals surface area contributed by atoms with E-state index < -0.39 is 16.5 Å². The lowest BCUT2D eigenvalue weighted by Gasteiger charge is -1.97. The molecule has 1 aromatic rings. The molecule has 13 heavy (non-hydrogen) atoms. The van der Waals surface area contributed by atoms with Gasteiger partial charge in [-0.05, 0) is 6.07 Å². The third-order valence-electron chi connectivity index (χ3n) is 1.31. The molecule has 0 aliphatic heterocycles. The summed E-state index contributed by atoms with van der Waals surface area (Å²) in [6, 6.07) is 1.06. The van der Waals surface area contributed by atoms with Crippen molar-refractivity contribution in [3.05, 3.63) is 33.1 Å². The van der Waals surface area contributed by atoms with Gasteiger partial charge in [-0.1, -0.05) is 11.6 Å². The van der Waals surface area contributed by atoms with Gasteiger partial charge in [-0.3, -0.25) is 14.9 Å². The van der Waals surface area contributed by atoms with Crippen LogP contribution in [0.2, 0.25) is 5.15 Å². The number of hydrogen-bond acceptors (Lipinski definition) is 4. The average molecular weight is 202 g/mol. The molecule has 1 amide bonds. The quantitative estimate of drug-likeness (QED) is 0.433. The van der Waals surface area contributed by atoms with E-state index in [-0.39, 0.29) is 10.7 Å². The summed E-state index contributed by atoms with van der Waals surface area (Å²) < 4.78 is 0. The lowest BCUT2D eigenvalue weighted by atomic mass is 10.2. The molecule has 0 saturated heterocycles. The zero-order valence-corrected chi connectivity index (χ0v) is 6.99. The molecule has 0 aliphatic carbocycles. The molecule has 0 atom stereocenters. The fraction of sp³-hybridized carbons (Fsp3) is 0. The number of carbonyl (C=O) groups excluding carboxylic acids is 1. The molecule has 1 aromatic heterocycles. The number of hydrogen-bond donors (Lipinski definition) is 1. The van der Waals surface area contributed by atoms with E-state index >= 15 is 0 Å². The van der Waals surface area contributed by atoms with Gasteiger partial charge in [0.15, 0.2) is 0 Å². The van der Waals surface area contributed by atoms with Gasteiger partial charge in [0.25, 0.3) is 11.6 Å². The van der Waals surface area contributed by atoms with Crippen molar-refractivity contribution in [2.45, 2.75) is 0 Å². The maximum absolute atomic E-state index is 10.7. The molecule has 7 heteroatoms. The normalized spacial score (nSPS) is 9.62. The summed E-state index contributed by atoms with van der Waals surface area (Å²) >= 11 is 5.42. The molecule has 68 valence electrons. The third kappa shape index (κ3) is 1.91. The summed E-state index contributed by atoms with van der Waals surface area (Å²) in [5.41, 5.74) is 4.20. The highest BCUT2D eigenvalue weighted by atomic mass is 35.5. The third-order valence-corrected chi connectivity index (χ3v) is 1.52. The Balaban J connectivity index is 3.35. The van der Waals surface area contributed by atoms with Crippen LogP contribution in [0.15, 0.2) is 12.3 Å². The molecule has 1 heterocycles. The van der Waals surface area contributed by atoms with Crippen molar-refractivity contribution in [1.82, 2.24) is 4.98 Å². The van der Waals surface area contributed by atoms with Gasteiger partial charge in [0.05, 0.1) is 4.92 Å². The average Bonchev–Trinajstić information content (AvgIpc) is 2.03. The van der Waals surface area contributed by atoms with E-state index in [1.807, 2.05) is 0 Å². The molecule has 0 aromatic carbocycles. The van der Waals surface area contributed by atoms with Gasteiger partial charge in [0.1, 0.15) is 16.9 Å². The highest BCUT2D eigenvalue weighted by molar-refractivity contribution is 6.29. The smallest absolute Gasteiger partial charge is 0.300 e. The minimum absolute atomic E-state index is 0.0144. The molecule has 0 fully saturated rings. The summed E-state index contributed by atoms with van der Waals surface area (Å²) in [7, 11) is 0. The monoisotopic (exact) mass is 201 g/mol. The Bertz CT molecular complexity index is 379. The van der Waals surface area contributed by atoms with Gasteiger partial charge in [-0.15, -0.1) is 0 Å². The first kappa shape index (κ1) is 9.40. The molecular formula is C6H4ClN3O3. The maximum atomic E-state index is 10.7. The highest BCUT2D eigenvalue weighted by Gasteiger charge is 2.18. The number of rotatable bonds is 2. The Morgan fingerprint density at radius 2 is 2.31 bits per heavy atom. The van der Waals surface area contributed by atoms with Crippen LogP contribution < -0.4 is 5.73 Å². The molecule has 0 aliphatic rings. The first-order valence-corrected chi connectivity index (χ1v) is 3.50. The van der Waals surface area contributed by atoms with Crippen molar-refractivity contribution in [3.8, 4) is 0 Å². The van der Waals surface area contributed by atoms with Gasteiger partial charge < -0.3 is 5.73 Å². The lowest BCUT2D eigenvalue weighted by molar-refractivity contribution is -0.385. The van der Waals surface area contributed by atoms with E-state index in [9.17, 15) is 14.9 Å². The predicted octanol–water partition coefficient (Wildman–Crippen LogP) is 0.742. The van der Waals surface area contributed by atoms with E-state index in [4.69, 9.17) is 17.3 Å². The van der Waals surface area contributed by atoms with Crippen molar-refractivity contribution >= 4 is 23.2 Å². The van der Waals surface area contributed by atoms with E-state index in [1.165, 1.54) is 0 Å². The number of carbonyl (C=O) groups is 1. The predicted molar refractivity (Wildman–Crippen MR) is 44.4 cm³/mol. The topological polar surface area (TPSA) is 99.1 Å². The van der Waals surface area contributed by atoms with Crippen molar-refractivity contribution in [1.29, 1.82) is 0 Å². The van der Waals surface area contributed by atoms with Crippen molar-refractivity contribution in [2.75, 3.05) is 0 Å². The Kier molecular flexibility index (Phi) is 2.43. The van der Waals surface area contributed by atoms with E-state index in [1.54, 1.807) is 0 Å². The second kappa shape index (κ2) is 3.36. The van der Waals surface area contributed by atoms with Crippen LogP contribution in [-0.4, -0.2) is 15.8 Å². The molecule has 0 radical (unpaired) electrons. The fourth-order valence-electron chi connectivity index (χ4n) is 0.766. The summed E-state index contributed by atoms with van der Waals surface area (Å²) in [5, 5.41) is 10.3. The number of primary amides is 1. The SMILES string of the molecule is NC(=O)c1cc(Cl)ncc1[N+](=O)[O-]. The molecule has 2 N–H and O–H groups in total. The number of aromatic nitrogens is 1. The van der Waals surface area contributed by atoms with Crippen LogP contribution in [0.5, 0.6) is 0 Å². The number of halogens is 1. The molecule has 0 spiro atoms. The van der Waals surface area contributed by atoms with Crippen LogP contribution in [0, 0.1) is 10.1 Å². The van der Waals surface area contributed by atoms with Crippen molar-refractivity contribution in [3.63, 3.8) is 0 Å². The summed E-state index contributed by atoms with van der Waals surface area (Å²) in [4.78, 5) is 23.8. The van der Waals surface area contributed by atoms with E-state index in [0.717, 1.165) is 12.3 Å². The second-order valence-corrected chi connectivity index (χ2v) is 2.53. The van der Waals surface area contributed by atoms with Gasteiger partial charge in [-0.2, -0.15) is 0 Å². The van der Waals surface area contributed by atoms with Gasteiger partial charge >= 0.3 is 0 Å². The Hall–Kier alpha value is -1.69. The van der Waals surface area contributed by atoms with Crippen molar-refractivity contribution < 1.29 is 9.72 Å². The molecule has 0 saturated carbocycles. The van der Waals surface area contributed by atoms with Crippen LogP contribution in [0.4, 0.5) is 5.69 Å². The van der Waals surface area contributed by atoms with Gasteiger partial charge in [0.2, 0.25) is 0 Å². The Labute approximate surface area is 77.5 Å². The van der Waals surface area contributed by atoms with Crippen LogP contribution in [0.25, 0.3) is 0 Å². The minimum atomic E-state index is -0.906. The second-order valence-electron chi connectivity index (χ2n) is 2.15. The summed E-state index contributed by atoms with van der Waals surface area (Å²) in [5.74, 6) is -0.906. The molecule has 1 rings (SSSR count). The zero-order chi connectivity index (χ0) is 10.0. The maximum Gasteiger partial charge on any atom is 0.300 e. The van der Waals surface area contributed by atoms with Crippen molar-refractivity contribution in [2.24, 2.45) is 5.73 Å². The first-order valence-electron chi connectivity index (χ1n) is 3.12. The number of pyridine rings is 1. The molecule has 6 nitrogen and oxygen atoms in total. The Morgan fingerprint density at radius 3 is 2.77 bits per heavy atom. The summed E-state index contributed by atoms with van der Waals surface area (Å²) in [6.07, 6.45) is 0.891. The van der Waals surface area contributed by atoms with E-state index in [0.29, 0.717) is 0 Å². The fourth-order valence-corrected chi connectivity index (χ4v) is 0.923. The van der Waals surface area contributed by atoms with Crippen LogP contribution in [0.1, 0.15) is 10.4 Å². The van der Waals surface area contributed by atoms with Gasteiger partial charge in [0, 0.05) is 0 Å². The first-order chi connectivity index (χ1) is 6.02. The number of nitrogens with two attached hydrogens (primary N) is 1. The zero-order valence-electron chi connectivity index (χ0n) is 6.23.